The zero-order chi connectivity index (χ0) is 35.1. The second kappa shape index (κ2) is 14.2. The number of rotatable bonds is 10. The smallest absolute Gasteiger partial charge is 0.410 e. The van der Waals surface area contributed by atoms with Gasteiger partial charge in [-0.15, -0.1) is 0 Å². The molecule has 49 heavy (non-hydrogen) atoms. The minimum Gasteiger partial charge on any atom is -0.410 e. The van der Waals surface area contributed by atoms with Gasteiger partial charge in [-0.05, 0) is 111 Å². The van der Waals surface area contributed by atoms with Gasteiger partial charge >= 0.3 is 18.2 Å². The number of halogens is 5. The highest BCUT2D eigenvalue weighted by atomic mass is 32.2. The maximum atomic E-state index is 13.3. The van der Waals surface area contributed by atoms with E-state index >= 15 is 0 Å². The Morgan fingerprint density at radius 3 is 2.43 bits per heavy atom. The predicted molar refractivity (Wildman–Crippen MR) is 174 cm³/mol. The zero-order valence-corrected chi connectivity index (χ0v) is 28.9. The minimum atomic E-state index is -5.61. The number of carbonyl (C=O) groups is 3. The summed E-state index contributed by atoms with van der Waals surface area (Å²) in [6.45, 7) is 3.92. The lowest BCUT2D eigenvalue weighted by atomic mass is 9.52. The van der Waals surface area contributed by atoms with Crippen molar-refractivity contribution < 1.29 is 45.3 Å². The van der Waals surface area contributed by atoms with Crippen LogP contribution in [0.25, 0.3) is 0 Å². The van der Waals surface area contributed by atoms with Gasteiger partial charge in [-0.1, -0.05) is 13.0 Å². The summed E-state index contributed by atoms with van der Waals surface area (Å²) in [5.41, 5.74) is 1.94. The molecule has 3 aliphatic carbocycles. The van der Waals surface area contributed by atoms with Crippen molar-refractivity contribution >= 4 is 28.6 Å². The van der Waals surface area contributed by atoms with Gasteiger partial charge in [-0.25, -0.2) is 4.79 Å². The molecule has 2 saturated carbocycles. The fourth-order valence-electron chi connectivity index (χ4n) is 9.67. The second-order valence-electron chi connectivity index (χ2n) is 15.1. The SMILES string of the molecule is C[C@]12CC[C@@H]3c4ccc(OC(=O)N5CCC(N6CCCC6=O)CC5)cc4C[C@@H](CCCS(=O)CCCC(F)(F)C(F)(F)F)[C@H]3[C@@H]1CCC2=O. The maximum Gasteiger partial charge on any atom is 0.453 e. The summed E-state index contributed by atoms with van der Waals surface area (Å²) in [6, 6.07) is 6.01. The molecule has 272 valence electrons. The van der Waals surface area contributed by atoms with Crippen LogP contribution in [0.1, 0.15) is 101 Å². The Bertz CT molecular complexity index is 1450. The molecule has 0 bridgehead atoms. The number of ketones is 1. The molecule has 1 aromatic rings. The van der Waals surface area contributed by atoms with Crippen molar-refractivity contribution in [3.63, 3.8) is 0 Å². The van der Waals surface area contributed by atoms with E-state index in [1.807, 2.05) is 17.0 Å². The van der Waals surface area contributed by atoms with Crippen molar-refractivity contribution in [2.45, 2.75) is 114 Å². The topological polar surface area (TPSA) is 84.0 Å². The first-order chi connectivity index (χ1) is 23.2. The van der Waals surface area contributed by atoms with Crippen LogP contribution in [0, 0.1) is 23.2 Å². The van der Waals surface area contributed by atoms with Crippen LogP contribution in [0.15, 0.2) is 18.2 Å². The first-order valence-electron chi connectivity index (χ1n) is 17.9. The average Bonchev–Trinajstić information content (AvgIpc) is 3.61. The highest BCUT2D eigenvalue weighted by Crippen LogP contribution is 2.61. The van der Waals surface area contributed by atoms with E-state index in [-0.39, 0.29) is 52.5 Å². The van der Waals surface area contributed by atoms with E-state index in [9.17, 15) is 40.5 Å². The van der Waals surface area contributed by atoms with Gasteiger partial charge in [-0.3, -0.25) is 13.8 Å². The first kappa shape index (κ1) is 36.2. The molecule has 6 rings (SSSR count). The van der Waals surface area contributed by atoms with Crippen LogP contribution in [-0.2, 0) is 26.8 Å². The summed E-state index contributed by atoms with van der Waals surface area (Å²) in [6.07, 6.45) is 0.0776. The number of ether oxygens (including phenoxy) is 1. The van der Waals surface area contributed by atoms with Gasteiger partial charge in [0.2, 0.25) is 5.91 Å². The molecule has 1 aromatic carbocycles. The normalized spacial score (nSPS) is 29.8. The van der Waals surface area contributed by atoms with Crippen LogP contribution in [0.3, 0.4) is 0 Å². The number of piperidine rings is 1. The second-order valence-corrected chi connectivity index (χ2v) is 16.8. The van der Waals surface area contributed by atoms with E-state index in [1.54, 1.807) is 4.90 Å². The lowest BCUT2D eigenvalue weighted by Crippen LogP contribution is -2.47. The molecular weight excluding hydrogens is 667 g/mol. The third-order valence-electron chi connectivity index (χ3n) is 12.3. The van der Waals surface area contributed by atoms with Gasteiger partial charge in [0.1, 0.15) is 11.5 Å². The Morgan fingerprint density at radius 1 is 1.00 bits per heavy atom. The van der Waals surface area contributed by atoms with Gasteiger partial charge in [0.05, 0.1) is 0 Å². The fourth-order valence-corrected chi connectivity index (χ4v) is 10.8. The quantitative estimate of drug-likeness (QED) is 0.236. The Kier molecular flexibility index (Phi) is 10.5. The van der Waals surface area contributed by atoms with E-state index in [0.717, 1.165) is 50.6 Å². The average molecular weight is 715 g/mol. The van der Waals surface area contributed by atoms with Gasteiger partial charge in [-0.2, -0.15) is 22.0 Å². The van der Waals surface area contributed by atoms with Gasteiger partial charge in [0, 0.05) is 72.7 Å². The fraction of sp³-hybridized carbons (Fsp3) is 0.750. The molecule has 2 aliphatic heterocycles. The number of hydrogen-bond acceptors (Lipinski definition) is 5. The highest BCUT2D eigenvalue weighted by Gasteiger charge is 2.57. The van der Waals surface area contributed by atoms with Crippen LogP contribution in [0.2, 0.25) is 0 Å². The van der Waals surface area contributed by atoms with Gasteiger partial charge in [0.25, 0.3) is 0 Å². The van der Waals surface area contributed by atoms with Gasteiger partial charge in [0.15, 0.2) is 0 Å². The first-order valence-corrected chi connectivity index (χ1v) is 19.4. The minimum absolute atomic E-state index is 0.164. The lowest BCUT2D eigenvalue weighted by Gasteiger charge is -2.51. The van der Waals surface area contributed by atoms with Crippen molar-refractivity contribution in [2.75, 3.05) is 31.1 Å². The number of amides is 2. The summed E-state index contributed by atoms with van der Waals surface area (Å²) < 4.78 is 82.6. The summed E-state index contributed by atoms with van der Waals surface area (Å²) in [4.78, 5) is 42.0. The zero-order valence-electron chi connectivity index (χ0n) is 28.1. The molecule has 1 unspecified atom stereocenters. The molecule has 0 aromatic heterocycles. The van der Waals surface area contributed by atoms with E-state index < -0.39 is 41.8 Å². The van der Waals surface area contributed by atoms with Crippen molar-refractivity contribution in [1.82, 2.24) is 9.80 Å². The van der Waals surface area contributed by atoms with Crippen LogP contribution in [-0.4, -0.2) is 81.1 Å². The third-order valence-corrected chi connectivity index (χ3v) is 13.8. The number of fused-ring (bicyclic) bond motifs is 5. The standard InChI is InChI=1S/C36H47F5N2O5S/c1-34-15-11-28-27-8-7-26(48-33(46)42-17-12-25(13-18-42)43-16-2-6-31(43)45)22-24(27)21-23(32(28)29(34)9-10-30(34)44)5-3-19-49(47)20-4-14-35(37,38)36(39,40)41/h7-8,22-23,25,28-29,32H,2-6,9-21H2,1H3/t23-,28-,29+,32-,34+,49?/m1/s1. The Morgan fingerprint density at radius 2 is 1.73 bits per heavy atom. The number of likely N-dealkylation sites (tertiary alicyclic amines) is 2. The number of benzene rings is 1. The van der Waals surface area contributed by atoms with Crippen molar-refractivity contribution in [1.29, 1.82) is 0 Å². The van der Waals surface area contributed by atoms with Crippen molar-refractivity contribution in [3.8, 4) is 5.75 Å². The van der Waals surface area contributed by atoms with E-state index in [1.165, 1.54) is 5.56 Å². The summed E-state index contributed by atoms with van der Waals surface area (Å²) >= 11 is 0. The van der Waals surface area contributed by atoms with Crippen LogP contribution in [0.4, 0.5) is 26.7 Å². The summed E-state index contributed by atoms with van der Waals surface area (Å²) in [5, 5.41) is 0. The Balaban J connectivity index is 1.10. The van der Waals surface area contributed by atoms with Gasteiger partial charge < -0.3 is 14.5 Å². The number of nitrogens with zero attached hydrogens (tertiary/aromatic N) is 2. The largest absolute Gasteiger partial charge is 0.453 e. The predicted octanol–water partition coefficient (Wildman–Crippen LogP) is 7.43. The molecule has 0 N–H and O–H groups in total. The summed E-state index contributed by atoms with van der Waals surface area (Å²) in [7, 11) is -1.51. The van der Waals surface area contributed by atoms with Crippen LogP contribution in [0.5, 0.6) is 5.75 Å². The van der Waals surface area contributed by atoms with E-state index in [0.29, 0.717) is 56.7 Å². The number of carbonyl (C=O) groups excluding carboxylic acids is 3. The van der Waals surface area contributed by atoms with Crippen LogP contribution >= 0.6 is 0 Å². The Hall–Kier alpha value is -2.57. The molecule has 7 nitrogen and oxygen atoms in total. The molecular formula is C36H47F5N2O5S. The Labute approximate surface area is 287 Å². The third kappa shape index (κ3) is 7.42. The van der Waals surface area contributed by atoms with Crippen LogP contribution < -0.4 is 4.74 Å². The van der Waals surface area contributed by atoms with E-state index in [4.69, 9.17) is 4.74 Å². The van der Waals surface area contributed by atoms with Crippen molar-refractivity contribution in [3.05, 3.63) is 29.3 Å². The number of alkyl halides is 5. The highest BCUT2D eigenvalue weighted by molar-refractivity contribution is 7.84. The molecule has 2 saturated heterocycles. The van der Waals surface area contributed by atoms with Crippen molar-refractivity contribution in [2.24, 2.45) is 23.2 Å². The molecule has 0 spiro atoms. The number of Topliss-reactive ketones (excluding diaryl/α,β-unsaturated/α-hetero) is 1. The summed E-state index contributed by atoms with van der Waals surface area (Å²) in [5.74, 6) is -2.93. The molecule has 6 atom stereocenters. The monoisotopic (exact) mass is 714 g/mol. The number of hydrogen-bond donors (Lipinski definition) is 0. The lowest BCUT2D eigenvalue weighted by molar-refractivity contribution is -0.284. The molecule has 0 radical (unpaired) electrons. The molecule has 2 heterocycles. The van der Waals surface area contributed by atoms with E-state index in [2.05, 4.69) is 13.0 Å². The molecule has 4 fully saturated rings. The molecule has 2 amide bonds. The molecule has 5 aliphatic rings. The maximum absolute atomic E-state index is 13.3. The molecule has 13 heteroatoms.